The summed E-state index contributed by atoms with van der Waals surface area (Å²) < 4.78 is 45.1. The number of methoxy groups -OCH3 is 1. The van der Waals surface area contributed by atoms with E-state index in [9.17, 15) is 29.1 Å². The van der Waals surface area contributed by atoms with Gasteiger partial charge >= 0.3 is 18.1 Å². The monoisotopic (exact) mass is 864 g/mol. The van der Waals surface area contributed by atoms with E-state index < -0.39 is 87.2 Å². The van der Waals surface area contributed by atoms with Gasteiger partial charge in [0.1, 0.15) is 0 Å². The van der Waals surface area contributed by atoms with Crippen molar-refractivity contribution >= 4 is 35.7 Å². The summed E-state index contributed by atoms with van der Waals surface area (Å²) in [5, 5.41) is 45.7. The van der Waals surface area contributed by atoms with Gasteiger partial charge in [0.15, 0.2) is 35.2 Å². The number of halogens is 1. The molecule has 61 heavy (non-hydrogen) atoms. The summed E-state index contributed by atoms with van der Waals surface area (Å²) in [7, 11) is 1.31. The number of alkyl halides is 1. The Balaban J connectivity index is 1.31. The maximum Gasteiger partial charge on any atom is 0.514 e. The Hall–Kier alpha value is -4.64. The van der Waals surface area contributed by atoms with Crippen molar-refractivity contribution in [3.8, 4) is 11.5 Å². The molecule has 0 saturated heterocycles. The van der Waals surface area contributed by atoms with E-state index in [1.54, 1.807) is 20.8 Å². The predicted octanol–water partition coefficient (Wildman–Crippen LogP) is 4.82. The normalized spacial score (nSPS) is 30.4. The van der Waals surface area contributed by atoms with Gasteiger partial charge in [-0.25, -0.2) is 14.0 Å². The lowest BCUT2D eigenvalue weighted by Gasteiger charge is -2.62. The second kappa shape index (κ2) is 19.6. The van der Waals surface area contributed by atoms with Crippen molar-refractivity contribution in [1.82, 2.24) is 10.8 Å². The zero-order chi connectivity index (χ0) is 44.8. The number of benzene rings is 1. The van der Waals surface area contributed by atoms with Gasteiger partial charge in [-0.2, -0.15) is 0 Å². The number of hydrogen-bond acceptors (Lipinski definition) is 19. The fourth-order valence-electron chi connectivity index (χ4n) is 9.95. The van der Waals surface area contributed by atoms with Crippen LogP contribution >= 0.6 is 0 Å². The molecule has 0 bridgehead atoms. The van der Waals surface area contributed by atoms with E-state index in [2.05, 4.69) is 9.68 Å². The largest absolute Gasteiger partial charge is 0.514 e. The van der Waals surface area contributed by atoms with Gasteiger partial charge in [0.05, 0.1) is 43.8 Å². The number of esters is 2. The van der Waals surface area contributed by atoms with Crippen molar-refractivity contribution in [2.45, 2.75) is 89.5 Å². The fraction of sp³-hybridized carbons (Fsp3) is 0.585. The lowest BCUT2D eigenvalue weighted by atomic mass is 9.44. The number of allylic oxidation sites excluding steroid dienone is 4. The first kappa shape index (κ1) is 47.4. The van der Waals surface area contributed by atoms with Crippen LogP contribution in [0.2, 0.25) is 0 Å². The molecule has 3 saturated carbocycles. The van der Waals surface area contributed by atoms with Crippen LogP contribution in [0, 0.1) is 28.6 Å². The summed E-state index contributed by atoms with van der Waals surface area (Å²) in [6.07, 6.45) is 4.71. The first-order valence-corrected chi connectivity index (χ1v) is 19.9. The van der Waals surface area contributed by atoms with Gasteiger partial charge in [-0.3, -0.25) is 44.9 Å². The van der Waals surface area contributed by atoms with Crippen LogP contribution in [0.25, 0.3) is 6.08 Å². The van der Waals surface area contributed by atoms with Gasteiger partial charge in [0, 0.05) is 35.2 Å². The highest BCUT2D eigenvalue weighted by Crippen LogP contribution is 2.71. The van der Waals surface area contributed by atoms with E-state index in [0.29, 0.717) is 30.4 Å². The Morgan fingerprint density at radius 2 is 1.64 bits per heavy atom. The molecule has 5 N–H and O–H groups in total. The zero-order valence-electron chi connectivity index (χ0n) is 34.3. The first-order valence-electron chi connectivity index (χ1n) is 19.9. The quantitative estimate of drug-likeness (QED) is 0.0312. The minimum atomic E-state index is -2.24. The minimum Gasteiger partial charge on any atom is -0.493 e. The molecular formula is C41H53FN2O17. The van der Waals surface area contributed by atoms with Crippen molar-refractivity contribution in [2.24, 2.45) is 28.6 Å². The third-order valence-corrected chi connectivity index (χ3v) is 12.7. The number of hydrogen-bond donors (Lipinski definition) is 5. The highest BCUT2D eigenvalue weighted by Gasteiger charge is 2.77. The molecule has 4 aliphatic carbocycles. The molecule has 19 nitrogen and oxygen atoms in total. The predicted molar refractivity (Wildman–Crippen MR) is 203 cm³/mol. The molecule has 0 amide bonds. The van der Waals surface area contributed by atoms with Crippen molar-refractivity contribution in [2.75, 3.05) is 33.5 Å². The number of unbranched alkanes of at least 4 members (excludes halogenated alkanes) is 1. The fourth-order valence-corrected chi connectivity index (χ4v) is 9.95. The summed E-state index contributed by atoms with van der Waals surface area (Å²) >= 11 is 0. The number of nitrogens with zero attached hydrogens (tertiary/aromatic N) is 2. The van der Waals surface area contributed by atoms with Crippen molar-refractivity contribution in [3.63, 3.8) is 0 Å². The van der Waals surface area contributed by atoms with Crippen LogP contribution in [0.1, 0.15) is 77.7 Å². The summed E-state index contributed by atoms with van der Waals surface area (Å²) in [6, 6.07) is 4.31. The van der Waals surface area contributed by atoms with Gasteiger partial charge in [0.2, 0.25) is 5.78 Å². The number of ether oxygens (including phenoxy) is 5. The SMILES string of the molecule is COc1cc(/C=C/C(=O)OCCCCON(O)O)ccc1OC(=O)OCC(=O)[C@@]1(OC(=O)CCCON(O)O)C(C)CC2C3CCC4=CC(=O)C=CC4(C)[C@@]3(F)[C@@H](O)C[C@@]21C. The number of fused-ring (bicyclic) bond motifs is 5. The lowest BCUT2D eigenvalue weighted by Crippen LogP contribution is -2.70. The number of Topliss-reactive ketones (excluding diaryl/α,β-unsaturated/α-hetero) is 1. The number of aliphatic hydroxyl groups is 1. The van der Waals surface area contributed by atoms with Crippen molar-refractivity contribution in [1.29, 1.82) is 0 Å². The molecule has 8 atom stereocenters. The van der Waals surface area contributed by atoms with Gasteiger partial charge in [-0.1, -0.05) is 31.6 Å². The molecule has 0 aromatic heterocycles. The van der Waals surface area contributed by atoms with Crippen LogP contribution in [0.15, 0.2) is 48.1 Å². The summed E-state index contributed by atoms with van der Waals surface area (Å²) in [4.78, 5) is 74.6. The molecular weight excluding hydrogens is 811 g/mol. The Labute approximate surface area is 350 Å². The second-order valence-electron chi connectivity index (χ2n) is 16.1. The second-order valence-corrected chi connectivity index (χ2v) is 16.1. The van der Waals surface area contributed by atoms with Crippen LogP contribution in [0.5, 0.6) is 11.5 Å². The molecule has 4 unspecified atom stereocenters. The molecule has 3 fully saturated rings. The molecule has 4 aliphatic rings. The van der Waals surface area contributed by atoms with Crippen LogP contribution < -0.4 is 9.47 Å². The lowest BCUT2D eigenvalue weighted by molar-refractivity contribution is -0.492. The van der Waals surface area contributed by atoms with Crippen molar-refractivity contribution < 1.29 is 87.7 Å². The maximum atomic E-state index is 17.9. The number of aliphatic hydroxyl groups excluding tert-OH is 1. The van der Waals surface area contributed by atoms with Crippen molar-refractivity contribution in [3.05, 3.63) is 53.6 Å². The van der Waals surface area contributed by atoms with E-state index in [1.807, 2.05) is 0 Å². The molecule has 336 valence electrons. The molecule has 0 aliphatic heterocycles. The van der Waals surface area contributed by atoms with E-state index in [-0.39, 0.29) is 69.2 Å². The number of carbonyl (C=O) groups excluding carboxylic acids is 5. The van der Waals surface area contributed by atoms with Crippen LogP contribution in [0.3, 0.4) is 0 Å². The zero-order valence-corrected chi connectivity index (χ0v) is 34.3. The molecule has 0 spiro atoms. The van der Waals surface area contributed by atoms with Crippen LogP contribution in [-0.2, 0) is 43.1 Å². The minimum absolute atomic E-state index is 0.000483. The first-order chi connectivity index (χ1) is 28.8. The molecule has 0 radical (unpaired) electrons. The number of rotatable bonds is 19. The highest BCUT2D eigenvalue weighted by molar-refractivity contribution is 6.01. The Kier molecular flexibility index (Phi) is 15.2. The van der Waals surface area contributed by atoms with Crippen LogP contribution in [0.4, 0.5) is 9.18 Å². The third-order valence-electron chi connectivity index (χ3n) is 12.7. The smallest absolute Gasteiger partial charge is 0.493 e. The van der Waals surface area contributed by atoms with Gasteiger partial charge < -0.3 is 28.8 Å². The van der Waals surface area contributed by atoms with Gasteiger partial charge in [-0.05, 0) is 93.7 Å². The Morgan fingerprint density at radius 1 is 0.951 bits per heavy atom. The topological polar surface area (TPSA) is 258 Å². The van der Waals surface area contributed by atoms with E-state index >= 15 is 4.39 Å². The number of ketones is 2. The van der Waals surface area contributed by atoms with Gasteiger partial charge in [-0.15, -0.1) is 0 Å². The molecule has 5 rings (SSSR count). The number of carbonyl (C=O) groups is 5. The Bertz CT molecular complexity index is 1900. The summed E-state index contributed by atoms with van der Waals surface area (Å²) in [5.74, 6) is -4.88. The highest BCUT2D eigenvalue weighted by atomic mass is 19.1. The Morgan fingerprint density at radius 3 is 2.33 bits per heavy atom. The summed E-state index contributed by atoms with van der Waals surface area (Å²) in [6.45, 7) is 3.82. The molecule has 1 aromatic carbocycles. The standard InChI is InChI=1S/C41H53FN2O17/c1-25-20-30-29-12-11-27-22-28(45)15-16-38(27,2)40(29,42)33(46)23-39(30,3)41(25,61-36(49)8-7-19-59-44(53)54)34(47)24-57-37(50)60-31-13-9-26(21-32(31)55-4)10-14-35(48)56-17-5-6-18-58-43(51)52/h9-10,13-16,21-22,25,29-30,33,46,51-54H,5-8,11-12,17-20,23-24H2,1-4H3/b14-10+/t25?,29?,30?,33-,38?,39-,40-,41-/m0/s1. The molecule has 1 aromatic rings. The van der Waals surface area contributed by atoms with Crippen LogP contribution in [-0.4, -0.2) is 117 Å². The van der Waals surface area contributed by atoms with E-state index in [1.165, 1.54) is 49.6 Å². The average Bonchev–Trinajstić information content (AvgIpc) is 3.42. The van der Waals surface area contributed by atoms with E-state index in [0.717, 1.165) is 6.08 Å². The third kappa shape index (κ3) is 9.72. The summed E-state index contributed by atoms with van der Waals surface area (Å²) in [5.41, 5.74) is -5.93. The molecule has 0 heterocycles. The van der Waals surface area contributed by atoms with E-state index in [4.69, 9.17) is 44.5 Å². The average molecular weight is 865 g/mol. The van der Waals surface area contributed by atoms with Gasteiger partial charge in [0.25, 0.3) is 0 Å². The maximum absolute atomic E-state index is 17.9. The molecule has 20 heteroatoms.